The molecule has 18 heavy (non-hydrogen) atoms. The van der Waals surface area contributed by atoms with Gasteiger partial charge < -0.3 is 10.5 Å². The molecule has 2 heterocycles. The van der Waals surface area contributed by atoms with Gasteiger partial charge in [0.25, 0.3) is 0 Å². The minimum absolute atomic E-state index is 0.267. The Morgan fingerprint density at radius 2 is 2.06 bits per heavy atom. The van der Waals surface area contributed by atoms with E-state index in [0.717, 1.165) is 12.6 Å². The van der Waals surface area contributed by atoms with Gasteiger partial charge in [-0.05, 0) is 58.4 Å². The Labute approximate surface area is 111 Å². The first kappa shape index (κ1) is 12.9. The highest BCUT2D eigenvalue weighted by molar-refractivity contribution is 4.99. The highest BCUT2D eigenvalue weighted by Gasteiger charge is 2.45. The zero-order valence-corrected chi connectivity index (χ0v) is 11.7. The van der Waals surface area contributed by atoms with E-state index < -0.39 is 0 Å². The highest BCUT2D eigenvalue weighted by Crippen LogP contribution is 2.44. The second-order valence-corrected chi connectivity index (χ2v) is 6.69. The molecule has 0 amide bonds. The van der Waals surface area contributed by atoms with Gasteiger partial charge in [-0.3, -0.25) is 4.90 Å². The zero-order chi connectivity index (χ0) is 12.6. The quantitative estimate of drug-likeness (QED) is 0.819. The first-order valence-corrected chi connectivity index (χ1v) is 7.85. The van der Waals surface area contributed by atoms with Gasteiger partial charge in [0.2, 0.25) is 0 Å². The van der Waals surface area contributed by atoms with Gasteiger partial charge in [-0.25, -0.2) is 0 Å². The topological polar surface area (TPSA) is 38.5 Å². The van der Waals surface area contributed by atoms with Crippen molar-refractivity contribution >= 4 is 0 Å². The second-order valence-electron chi connectivity index (χ2n) is 6.69. The fourth-order valence-electron chi connectivity index (χ4n) is 4.20. The number of ether oxygens (including phenoxy) is 1. The number of hydrogen-bond acceptors (Lipinski definition) is 3. The number of hydrogen-bond donors (Lipinski definition) is 1. The van der Waals surface area contributed by atoms with E-state index in [1.54, 1.807) is 0 Å². The van der Waals surface area contributed by atoms with Gasteiger partial charge >= 0.3 is 0 Å². The molecule has 3 heteroatoms. The molecule has 2 aliphatic heterocycles. The summed E-state index contributed by atoms with van der Waals surface area (Å²) in [7, 11) is 0. The summed E-state index contributed by atoms with van der Waals surface area (Å²) in [6.45, 7) is 4.40. The van der Waals surface area contributed by atoms with Crippen LogP contribution in [0.4, 0.5) is 0 Å². The van der Waals surface area contributed by atoms with Crippen molar-refractivity contribution < 1.29 is 4.74 Å². The average Bonchev–Trinajstić information content (AvgIpc) is 2.37. The van der Waals surface area contributed by atoms with Crippen molar-refractivity contribution in [2.24, 2.45) is 5.73 Å². The van der Waals surface area contributed by atoms with Crippen LogP contribution in [0, 0.1) is 0 Å². The molecule has 1 saturated carbocycles. The van der Waals surface area contributed by atoms with E-state index in [1.165, 1.54) is 57.9 Å². The lowest BCUT2D eigenvalue weighted by Gasteiger charge is -2.52. The van der Waals surface area contributed by atoms with Crippen molar-refractivity contribution in [3.05, 3.63) is 0 Å². The van der Waals surface area contributed by atoms with Crippen molar-refractivity contribution in [3.8, 4) is 0 Å². The summed E-state index contributed by atoms with van der Waals surface area (Å²) in [6.07, 6.45) is 10.4. The number of rotatable bonds is 2. The molecule has 0 aromatic carbocycles. The minimum Gasteiger partial charge on any atom is -0.375 e. The van der Waals surface area contributed by atoms with Crippen LogP contribution < -0.4 is 5.73 Å². The summed E-state index contributed by atoms with van der Waals surface area (Å²) >= 11 is 0. The van der Waals surface area contributed by atoms with E-state index in [0.29, 0.717) is 12.1 Å². The number of nitrogens with zero attached hydrogens (tertiary/aromatic N) is 1. The standard InChI is InChI=1S/C15H28N2O/c1-12(16)14-5-2-3-9-17(14)13-6-10-18-15(11-13)7-4-8-15/h12-14H,2-11,16H2,1H3. The Balaban J connectivity index is 1.68. The van der Waals surface area contributed by atoms with Crippen LogP contribution in [0.15, 0.2) is 0 Å². The summed E-state index contributed by atoms with van der Waals surface area (Å²) in [5, 5.41) is 0. The molecule has 0 radical (unpaired) electrons. The van der Waals surface area contributed by atoms with Crippen molar-refractivity contribution in [1.82, 2.24) is 4.90 Å². The smallest absolute Gasteiger partial charge is 0.0697 e. The van der Waals surface area contributed by atoms with Gasteiger partial charge in [0.15, 0.2) is 0 Å². The molecular formula is C15H28N2O. The van der Waals surface area contributed by atoms with Crippen LogP contribution in [0.25, 0.3) is 0 Å². The predicted molar refractivity (Wildman–Crippen MR) is 73.6 cm³/mol. The predicted octanol–water partition coefficient (Wildman–Crippen LogP) is 2.29. The second kappa shape index (κ2) is 5.10. The number of piperidine rings is 1. The average molecular weight is 252 g/mol. The maximum absolute atomic E-state index is 6.21. The molecule has 2 N–H and O–H groups in total. The van der Waals surface area contributed by atoms with Crippen LogP contribution in [-0.2, 0) is 4.74 Å². The van der Waals surface area contributed by atoms with Crippen molar-refractivity contribution in [2.75, 3.05) is 13.2 Å². The van der Waals surface area contributed by atoms with Crippen LogP contribution in [0.1, 0.15) is 58.3 Å². The van der Waals surface area contributed by atoms with Crippen LogP contribution in [0.5, 0.6) is 0 Å². The number of nitrogens with two attached hydrogens (primary N) is 1. The van der Waals surface area contributed by atoms with Gasteiger partial charge in [0.1, 0.15) is 0 Å². The summed E-state index contributed by atoms with van der Waals surface area (Å²) in [6, 6.07) is 1.65. The fraction of sp³-hybridized carbons (Fsp3) is 1.00. The lowest BCUT2D eigenvalue weighted by atomic mass is 9.73. The SMILES string of the molecule is CC(N)C1CCCCN1C1CCOC2(CCC2)C1. The largest absolute Gasteiger partial charge is 0.375 e. The van der Waals surface area contributed by atoms with Crippen LogP contribution in [-0.4, -0.2) is 41.8 Å². The summed E-state index contributed by atoms with van der Waals surface area (Å²) in [5.74, 6) is 0. The molecule has 2 saturated heterocycles. The Kier molecular flexibility index (Phi) is 3.65. The molecule has 104 valence electrons. The molecule has 3 rings (SSSR count). The Morgan fingerprint density at radius 1 is 1.22 bits per heavy atom. The normalized spacial score (nSPS) is 38.3. The lowest BCUT2D eigenvalue weighted by molar-refractivity contribution is -0.154. The maximum Gasteiger partial charge on any atom is 0.0697 e. The lowest BCUT2D eigenvalue weighted by Crippen LogP contribution is -2.58. The van der Waals surface area contributed by atoms with Crippen LogP contribution in [0.3, 0.4) is 0 Å². The van der Waals surface area contributed by atoms with Gasteiger partial charge in [0, 0.05) is 24.7 Å². The maximum atomic E-state index is 6.21. The van der Waals surface area contributed by atoms with Crippen molar-refractivity contribution in [3.63, 3.8) is 0 Å². The zero-order valence-electron chi connectivity index (χ0n) is 11.7. The first-order valence-electron chi connectivity index (χ1n) is 7.85. The molecule has 0 aromatic rings. The Morgan fingerprint density at radius 3 is 2.72 bits per heavy atom. The van der Waals surface area contributed by atoms with E-state index >= 15 is 0 Å². The fourth-order valence-corrected chi connectivity index (χ4v) is 4.20. The Hall–Kier alpha value is -0.120. The molecule has 0 bridgehead atoms. The third-order valence-electron chi connectivity index (χ3n) is 5.40. The third-order valence-corrected chi connectivity index (χ3v) is 5.40. The highest BCUT2D eigenvalue weighted by atomic mass is 16.5. The molecule has 1 spiro atoms. The van der Waals surface area contributed by atoms with Crippen molar-refractivity contribution in [1.29, 1.82) is 0 Å². The van der Waals surface area contributed by atoms with Gasteiger partial charge in [-0.2, -0.15) is 0 Å². The first-order chi connectivity index (χ1) is 8.70. The summed E-state index contributed by atoms with van der Waals surface area (Å²) in [4.78, 5) is 2.73. The minimum atomic E-state index is 0.267. The third kappa shape index (κ3) is 2.33. The molecule has 3 unspecified atom stereocenters. The van der Waals surface area contributed by atoms with E-state index in [9.17, 15) is 0 Å². The molecule has 3 fully saturated rings. The van der Waals surface area contributed by atoms with E-state index in [2.05, 4.69) is 11.8 Å². The van der Waals surface area contributed by atoms with E-state index in [4.69, 9.17) is 10.5 Å². The van der Waals surface area contributed by atoms with Crippen LogP contribution in [0.2, 0.25) is 0 Å². The molecule has 1 aliphatic carbocycles. The molecule has 0 aromatic heterocycles. The van der Waals surface area contributed by atoms with Gasteiger partial charge in [-0.1, -0.05) is 6.42 Å². The van der Waals surface area contributed by atoms with Crippen molar-refractivity contribution in [2.45, 2.75) is 82.0 Å². The van der Waals surface area contributed by atoms with Gasteiger partial charge in [-0.15, -0.1) is 0 Å². The number of likely N-dealkylation sites (tertiary alicyclic amines) is 1. The molecule has 3 atom stereocenters. The molecular weight excluding hydrogens is 224 g/mol. The summed E-state index contributed by atoms with van der Waals surface area (Å²) in [5.41, 5.74) is 6.47. The summed E-state index contributed by atoms with van der Waals surface area (Å²) < 4.78 is 6.06. The van der Waals surface area contributed by atoms with E-state index in [1.807, 2.05) is 0 Å². The Bertz CT molecular complexity index is 288. The molecule has 3 nitrogen and oxygen atoms in total. The molecule has 3 aliphatic rings. The van der Waals surface area contributed by atoms with Crippen LogP contribution >= 0.6 is 0 Å². The monoisotopic (exact) mass is 252 g/mol. The van der Waals surface area contributed by atoms with Gasteiger partial charge in [0.05, 0.1) is 5.60 Å². The van der Waals surface area contributed by atoms with E-state index in [-0.39, 0.29) is 5.60 Å².